The average Bonchev–Trinajstić information content (AvgIpc) is 2.51. The van der Waals surface area contributed by atoms with Crippen LogP contribution in [-0.4, -0.2) is 24.6 Å². The summed E-state index contributed by atoms with van der Waals surface area (Å²) in [5.41, 5.74) is 7.06. The molecule has 0 saturated heterocycles. The Morgan fingerprint density at radius 1 is 1.19 bits per heavy atom. The molecule has 0 fully saturated rings. The molecule has 0 aliphatic heterocycles. The van der Waals surface area contributed by atoms with Crippen molar-refractivity contribution in [1.29, 1.82) is 0 Å². The van der Waals surface area contributed by atoms with Gasteiger partial charge in [-0.05, 0) is 37.0 Å². The van der Waals surface area contributed by atoms with E-state index in [1.165, 1.54) is 5.56 Å². The van der Waals surface area contributed by atoms with E-state index in [0.29, 0.717) is 12.3 Å². The molecule has 4 nitrogen and oxygen atoms in total. The molecule has 5 heteroatoms. The van der Waals surface area contributed by atoms with Gasteiger partial charge in [0.25, 0.3) is 5.91 Å². The van der Waals surface area contributed by atoms with Crippen LogP contribution in [0.15, 0.2) is 24.3 Å². The maximum atomic E-state index is 11.7. The number of nitrogens with one attached hydrogen (secondary N) is 1. The molecular weight excluding hydrogens is 288 g/mol. The maximum Gasteiger partial charge on any atom is 0.258 e. The van der Waals surface area contributed by atoms with Gasteiger partial charge in [-0.1, -0.05) is 32.9 Å². The largest absolute Gasteiger partial charge is 0.484 e. The van der Waals surface area contributed by atoms with Crippen LogP contribution in [0.1, 0.15) is 39.2 Å². The van der Waals surface area contributed by atoms with Gasteiger partial charge in [0.15, 0.2) is 6.61 Å². The molecule has 0 aromatic heterocycles. The minimum Gasteiger partial charge on any atom is -0.484 e. The summed E-state index contributed by atoms with van der Waals surface area (Å²) in [4.78, 5) is 11.7. The molecule has 21 heavy (non-hydrogen) atoms. The number of ether oxygens (including phenoxy) is 1. The zero-order valence-electron chi connectivity index (χ0n) is 13.1. The number of amides is 1. The summed E-state index contributed by atoms with van der Waals surface area (Å²) in [5, 5.41) is 2.83. The van der Waals surface area contributed by atoms with Gasteiger partial charge in [0, 0.05) is 12.1 Å². The predicted octanol–water partition coefficient (Wildman–Crippen LogP) is 2.68. The van der Waals surface area contributed by atoms with Crippen molar-refractivity contribution < 1.29 is 9.53 Å². The first-order chi connectivity index (χ1) is 9.53. The molecule has 0 saturated carbocycles. The fourth-order valence-electron chi connectivity index (χ4n) is 1.80. The highest BCUT2D eigenvalue weighted by Gasteiger charge is 2.20. The minimum absolute atomic E-state index is 0. The first kappa shape index (κ1) is 19.7. The van der Waals surface area contributed by atoms with Crippen molar-refractivity contribution in [3.05, 3.63) is 29.8 Å². The molecule has 0 atom stereocenters. The first-order valence-corrected chi connectivity index (χ1v) is 7.30. The highest BCUT2D eigenvalue weighted by molar-refractivity contribution is 5.85. The highest BCUT2D eigenvalue weighted by Crippen LogP contribution is 2.12. The minimum atomic E-state index is -0.321. The molecule has 0 unspecified atom stereocenters. The molecule has 0 spiro atoms. The molecule has 0 radical (unpaired) electrons. The summed E-state index contributed by atoms with van der Waals surface area (Å²) in [5.74, 6) is 0.573. The molecule has 1 amide bonds. The molecule has 0 aliphatic carbocycles. The lowest BCUT2D eigenvalue weighted by atomic mass is 9.94. The van der Waals surface area contributed by atoms with E-state index < -0.39 is 0 Å². The van der Waals surface area contributed by atoms with E-state index in [-0.39, 0.29) is 30.5 Å². The number of hydrogen-bond acceptors (Lipinski definition) is 3. The topological polar surface area (TPSA) is 64.3 Å². The van der Waals surface area contributed by atoms with Gasteiger partial charge in [0.05, 0.1) is 0 Å². The summed E-state index contributed by atoms with van der Waals surface area (Å²) in [6, 6.07) is 7.79. The van der Waals surface area contributed by atoms with Crippen LogP contribution in [-0.2, 0) is 11.2 Å². The van der Waals surface area contributed by atoms with Crippen molar-refractivity contribution in [1.82, 2.24) is 5.32 Å². The second-order valence-electron chi connectivity index (χ2n) is 5.13. The van der Waals surface area contributed by atoms with Gasteiger partial charge in [-0.25, -0.2) is 0 Å². The predicted molar refractivity (Wildman–Crippen MR) is 89.1 cm³/mol. The molecule has 3 N–H and O–H groups in total. The maximum absolute atomic E-state index is 11.7. The van der Waals surface area contributed by atoms with E-state index >= 15 is 0 Å². The zero-order chi connectivity index (χ0) is 15.0. The lowest BCUT2D eigenvalue weighted by molar-refractivity contribution is -0.123. The summed E-state index contributed by atoms with van der Waals surface area (Å²) < 4.78 is 5.45. The second-order valence-corrected chi connectivity index (χ2v) is 5.13. The number of rotatable bonds is 8. The summed E-state index contributed by atoms with van der Waals surface area (Å²) in [6.45, 7) is 6.67. The quantitative estimate of drug-likeness (QED) is 0.775. The number of aryl methyl sites for hydroxylation is 1. The fraction of sp³-hybridized carbons (Fsp3) is 0.562. The second kappa shape index (κ2) is 9.64. The normalized spacial score (nSPS) is 10.7. The Bertz CT molecular complexity index is 417. The van der Waals surface area contributed by atoms with Gasteiger partial charge >= 0.3 is 0 Å². The van der Waals surface area contributed by atoms with E-state index in [9.17, 15) is 4.79 Å². The van der Waals surface area contributed by atoms with E-state index in [2.05, 4.69) is 12.2 Å². The molecule has 120 valence electrons. The van der Waals surface area contributed by atoms with Crippen molar-refractivity contribution in [2.24, 2.45) is 5.73 Å². The Hall–Kier alpha value is -1.26. The number of benzene rings is 1. The molecule has 0 aliphatic rings. The molecule has 0 bridgehead atoms. The number of nitrogens with two attached hydrogens (primary N) is 1. The lowest BCUT2D eigenvalue weighted by Crippen LogP contribution is -2.50. The van der Waals surface area contributed by atoms with Crippen LogP contribution < -0.4 is 15.8 Å². The van der Waals surface area contributed by atoms with Gasteiger partial charge < -0.3 is 15.8 Å². The van der Waals surface area contributed by atoms with Gasteiger partial charge in [0.2, 0.25) is 0 Å². The van der Waals surface area contributed by atoms with Crippen LogP contribution in [0.2, 0.25) is 0 Å². The van der Waals surface area contributed by atoms with Crippen molar-refractivity contribution in [2.75, 3.05) is 13.2 Å². The highest BCUT2D eigenvalue weighted by atomic mass is 35.5. The Labute approximate surface area is 133 Å². The van der Waals surface area contributed by atoms with Gasteiger partial charge in [-0.15, -0.1) is 12.4 Å². The Morgan fingerprint density at radius 2 is 1.76 bits per heavy atom. The number of hydrogen-bond donors (Lipinski definition) is 2. The van der Waals surface area contributed by atoms with Crippen molar-refractivity contribution in [3.8, 4) is 5.75 Å². The van der Waals surface area contributed by atoms with Gasteiger partial charge in [-0.2, -0.15) is 0 Å². The fourth-order valence-corrected chi connectivity index (χ4v) is 1.80. The van der Waals surface area contributed by atoms with Crippen molar-refractivity contribution >= 4 is 18.3 Å². The first-order valence-electron chi connectivity index (χ1n) is 7.30. The SMILES string of the molecule is CCc1ccc(OCC(=O)NCC(N)(CC)CC)cc1.Cl. The van der Waals surface area contributed by atoms with Crippen LogP contribution >= 0.6 is 12.4 Å². The van der Waals surface area contributed by atoms with Crippen LogP contribution in [0, 0.1) is 0 Å². The summed E-state index contributed by atoms with van der Waals surface area (Å²) in [7, 11) is 0. The van der Waals surface area contributed by atoms with Crippen LogP contribution in [0.3, 0.4) is 0 Å². The van der Waals surface area contributed by atoms with E-state index in [4.69, 9.17) is 10.5 Å². The molecule has 0 heterocycles. The van der Waals surface area contributed by atoms with E-state index in [0.717, 1.165) is 19.3 Å². The molecule has 1 rings (SSSR count). The third kappa shape index (κ3) is 6.82. The molecular formula is C16H27ClN2O2. The van der Waals surface area contributed by atoms with Crippen molar-refractivity contribution in [2.45, 2.75) is 45.6 Å². The number of carbonyl (C=O) groups is 1. The third-order valence-corrected chi connectivity index (χ3v) is 3.75. The number of halogens is 1. The average molecular weight is 315 g/mol. The molecule has 1 aromatic carbocycles. The monoisotopic (exact) mass is 314 g/mol. The van der Waals surface area contributed by atoms with E-state index in [1.807, 2.05) is 38.1 Å². The Kier molecular flexibility index (Phi) is 9.06. The van der Waals surface area contributed by atoms with Gasteiger partial charge in [-0.3, -0.25) is 4.79 Å². The standard InChI is InChI=1S/C16H26N2O2.ClH/c1-4-13-7-9-14(10-8-13)20-11-15(19)18-12-16(17,5-2)6-3;/h7-10H,4-6,11-12,17H2,1-3H3,(H,18,19);1H. The summed E-state index contributed by atoms with van der Waals surface area (Å²) >= 11 is 0. The van der Waals surface area contributed by atoms with Crippen LogP contribution in [0.4, 0.5) is 0 Å². The molecule has 1 aromatic rings. The Morgan fingerprint density at radius 3 is 2.24 bits per heavy atom. The summed E-state index contributed by atoms with van der Waals surface area (Å²) in [6.07, 6.45) is 2.67. The number of carbonyl (C=O) groups excluding carboxylic acids is 1. The zero-order valence-corrected chi connectivity index (χ0v) is 14.0. The Balaban J connectivity index is 0.00000400. The van der Waals surface area contributed by atoms with Crippen LogP contribution in [0.25, 0.3) is 0 Å². The van der Waals surface area contributed by atoms with E-state index in [1.54, 1.807) is 0 Å². The third-order valence-electron chi connectivity index (χ3n) is 3.75. The smallest absolute Gasteiger partial charge is 0.258 e. The van der Waals surface area contributed by atoms with Gasteiger partial charge in [0.1, 0.15) is 5.75 Å². The van der Waals surface area contributed by atoms with Crippen LogP contribution in [0.5, 0.6) is 5.75 Å². The lowest BCUT2D eigenvalue weighted by Gasteiger charge is -2.26. The van der Waals surface area contributed by atoms with Crippen molar-refractivity contribution in [3.63, 3.8) is 0 Å².